The van der Waals surface area contributed by atoms with Gasteiger partial charge in [-0.3, -0.25) is 0 Å². The van der Waals surface area contributed by atoms with Gasteiger partial charge in [0.05, 0.1) is 13.2 Å². The molecule has 0 heterocycles. The lowest BCUT2D eigenvalue weighted by molar-refractivity contribution is -0.0236. The highest BCUT2D eigenvalue weighted by Gasteiger charge is 2.20. The van der Waals surface area contributed by atoms with E-state index in [1.54, 1.807) is 25.3 Å². The maximum Gasteiger partial charge on any atom is 0.124 e. The summed E-state index contributed by atoms with van der Waals surface area (Å²) in [5.74, 6) is 0.614. The first-order valence-electron chi connectivity index (χ1n) is 5.23. The summed E-state index contributed by atoms with van der Waals surface area (Å²) in [5.41, 5.74) is 0.649. The predicted molar refractivity (Wildman–Crippen MR) is 64.1 cm³/mol. The molecule has 0 aliphatic rings. The number of hydrogen-bond donors (Lipinski definition) is 1. The molecular weight excluding hydrogens is 228 g/mol. The van der Waals surface area contributed by atoms with E-state index in [-0.39, 0.29) is 6.10 Å². The van der Waals surface area contributed by atoms with Crippen LogP contribution < -0.4 is 4.74 Å². The molecule has 0 saturated heterocycles. The molecule has 4 heteroatoms. The first kappa shape index (κ1) is 13.3. The quantitative estimate of drug-likeness (QED) is 0.866. The molecule has 0 fully saturated rings. The van der Waals surface area contributed by atoms with E-state index in [9.17, 15) is 5.11 Å². The van der Waals surface area contributed by atoms with Gasteiger partial charge in [0.2, 0.25) is 0 Å². The minimum Gasteiger partial charge on any atom is -0.496 e. The van der Waals surface area contributed by atoms with Crippen molar-refractivity contribution in [3.05, 3.63) is 28.8 Å². The SMILES string of the molecule is CCOC(C)C(O)c1cc(Cl)ccc1OC. The van der Waals surface area contributed by atoms with Crippen LogP contribution in [0.1, 0.15) is 25.5 Å². The molecule has 0 aliphatic carbocycles. The zero-order valence-electron chi connectivity index (χ0n) is 9.74. The largest absolute Gasteiger partial charge is 0.496 e. The molecule has 1 aromatic carbocycles. The number of methoxy groups -OCH3 is 1. The Kier molecular flexibility index (Phi) is 5.06. The third-order valence-electron chi connectivity index (χ3n) is 2.38. The summed E-state index contributed by atoms with van der Waals surface area (Å²) in [6.45, 7) is 4.26. The van der Waals surface area contributed by atoms with Gasteiger partial charge in [-0.1, -0.05) is 11.6 Å². The van der Waals surface area contributed by atoms with Gasteiger partial charge in [-0.25, -0.2) is 0 Å². The highest BCUT2D eigenvalue weighted by molar-refractivity contribution is 6.30. The van der Waals surface area contributed by atoms with Crippen molar-refractivity contribution in [2.75, 3.05) is 13.7 Å². The van der Waals surface area contributed by atoms with Gasteiger partial charge in [0.1, 0.15) is 11.9 Å². The van der Waals surface area contributed by atoms with Crippen LogP contribution in [0.15, 0.2) is 18.2 Å². The molecule has 0 aliphatic heterocycles. The number of aliphatic hydroxyl groups excluding tert-OH is 1. The summed E-state index contributed by atoms with van der Waals surface area (Å²) in [7, 11) is 1.56. The fraction of sp³-hybridized carbons (Fsp3) is 0.500. The van der Waals surface area contributed by atoms with Crippen LogP contribution in [0.3, 0.4) is 0 Å². The molecule has 1 rings (SSSR count). The lowest BCUT2D eigenvalue weighted by Gasteiger charge is -2.21. The lowest BCUT2D eigenvalue weighted by Crippen LogP contribution is -2.19. The van der Waals surface area contributed by atoms with E-state index in [2.05, 4.69) is 0 Å². The van der Waals surface area contributed by atoms with E-state index in [0.717, 1.165) is 0 Å². The minimum absolute atomic E-state index is 0.294. The van der Waals surface area contributed by atoms with E-state index >= 15 is 0 Å². The predicted octanol–water partition coefficient (Wildman–Crippen LogP) is 2.81. The van der Waals surface area contributed by atoms with Crippen molar-refractivity contribution in [3.8, 4) is 5.75 Å². The van der Waals surface area contributed by atoms with Gasteiger partial charge in [0.25, 0.3) is 0 Å². The van der Waals surface area contributed by atoms with Gasteiger partial charge in [0, 0.05) is 17.2 Å². The second-order valence-corrected chi connectivity index (χ2v) is 3.93. The Labute approximate surface area is 101 Å². The van der Waals surface area contributed by atoms with Crippen molar-refractivity contribution < 1.29 is 14.6 Å². The summed E-state index contributed by atoms with van der Waals surface area (Å²) in [6.07, 6.45) is -1.04. The maximum absolute atomic E-state index is 10.1. The summed E-state index contributed by atoms with van der Waals surface area (Å²) >= 11 is 5.89. The molecule has 0 bridgehead atoms. The summed E-state index contributed by atoms with van der Waals surface area (Å²) in [6, 6.07) is 5.15. The second kappa shape index (κ2) is 6.09. The van der Waals surface area contributed by atoms with E-state index in [0.29, 0.717) is 22.9 Å². The van der Waals surface area contributed by atoms with Crippen molar-refractivity contribution in [1.82, 2.24) is 0 Å². The zero-order valence-corrected chi connectivity index (χ0v) is 10.5. The van der Waals surface area contributed by atoms with Crippen molar-refractivity contribution in [2.24, 2.45) is 0 Å². The normalized spacial score (nSPS) is 14.6. The van der Waals surface area contributed by atoms with Crippen molar-refractivity contribution in [1.29, 1.82) is 0 Å². The molecule has 0 spiro atoms. The van der Waals surface area contributed by atoms with Crippen LogP contribution in [-0.4, -0.2) is 24.9 Å². The highest BCUT2D eigenvalue weighted by Crippen LogP contribution is 2.30. The zero-order chi connectivity index (χ0) is 12.1. The number of halogens is 1. The number of rotatable bonds is 5. The standard InChI is InChI=1S/C12H17ClO3/c1-4-16-8(2)12(14)10-7-9(13)5-6-11(10)15-3/h5-8,12,14H,4H2,1-3H3. The van der Waals surface area contributed by atoms with Crippen LogP contribution in [0, 0.1) is 0 Å². The van der Waals surface area contributed by atoms with Crippen LogP contribution >= 0.6 is 11.6 Å². The van der Waals surface area contributed by atoms with Gasteiger partial charge in [-0.15, -0.1) is 0 Å². The molecule has 1 N–H and O–H groups in total. The molecular formula is C12H17ClO3. The fourth-order valence-corrected chi connectivity index (χ4v) is 1.72. The van der Waals surface area contributed by atoms with E-state index in [1.165, 1.54) is 0 Å². The first-order chi connectivity index (χ1) is 7.60. The Hall–Kier alpha value is -0.770. The Bertz CT molecular complexity index is 341. The van der Waals surface area contributed by atoms with Crippen LogP contribution in [0.25, 0.3) is 0 Å². The average molecular weight is 245 g/mol. The number of ether oxygens (including phenoxy) is 2. The van der Waals surface area contributed by atoms with Gasteiger partial charge in [-0.2, -0.15) is 0 Å². The Morgan fingerprint density at radius 3 is 2.69 bits per heavy atom. The van der Waals surface area contributed by atoms with Gasteiger partial charge >= 0.3 is 0 Å². The number of hydrogen-bond acceptors (Lipinski definition) is 3. The number of benzene rings is 1. The third kappa shape index (κ3) is 3.11. The Morgan fingerprint density at radius 2 is 2.12 bits per heavy atom. The molecule has 16 heavy (non-hydrogen) atoms. The Balaban J connectivity index is 2.96. The van der Waals surface area contributed by atoms with E-state index < -0.39 is 6.10 Å². The monoisotopic (exact) mass is 244 g/mol. The molecule has 2 unspecified atom stereocenters. The smallest absolute Gasteiger partial charge is 0.124 e. The summed E-state index contributed by atoms with van der Waals surface area (Å²) in [4.78, 5) is 0. The van der Waals surface area contributed by atoms with Crippen LogP contribution in [0.4, 0.5) is 0 Å². The van der Waals surface area contributed by atoms with Crippen LogP contribution in [0.5, 0.6) is 5.75 Å². The molecule has 0 radical (unpaired) electrons. The van der Waals surface area contributed by atoms with E-state index in [1.807, 2.05) is 13.8 Å². The topological polar surface area (TPSA) is 38.7 Å². The molecule has 90 valence electrons. The second-order valence-electron chi connectivity index (χ2n) is 3.49. The third-order valence-corrected chi connectivity index (χ3v) is 2.62. The first-order valence-corrected chi connectivity index (χ1v) is 5.61. The van der Waals surface area contributed by atoms with Crippen molar-refractivity contribution in [2.45, 2.75) is 26.1 Å². The Morgan fingerprint density at radius 1 is 1.44 bits per heavy atom. The molecule has 2 atom stereocenters. The summed E-state index contributed by atoms with van der Waals surface area (Å²) < 4.78 is 10.5. The fourth-order valence-electron chi connectivity index (χ4n) is 1.54. The molecule has 0 aromatic heterocycles. The highest BCUT2D eigenvalue weighted by atomic mass is 35.5. The molecule has 1 aromatic rings. The minimum atomic E-state index is -0.742. The van der Waals surface area contributed by atoms with E-state index in [4.69, 9.17) is 21.1 Å². The van der Waals surface area contributed by atoms with Gasteiger partial charge < -0.3 is 14.6 Å². The van der Waals surface area contributed by atoms with Crippen molar-refractivity contribution >= 4 is 11.6 Å². The van der Waals surface area contributed by atoms with Crippen LogP contribution in [-0.2, 0) is 4.74 Å². The number of aliphatic hydroxyl groups is 1. The summed E-state index contributed by atoms with van der Waals surface area (Å²) in [5, 5.41) is 10.7. The van der Waals surface area contributed by atoms with Gasteiger partial charge in [-0.05, 0) is 32.0 Å². The lowest BCUT2D eigenvalue weighted by atomic mass is 10.0. The van der Waals surface area contributed by atoms with Gasteiger partial charge in [0.15, 0.2) is 0 Å². The maximum atomic E-state index is 10.1. The molecule has 0 saturated carbocycles. The van der Waals surface area contributed by atoms with Crippen LogP contribution in [0.2, 0.25) is 5.02 Å². The molecule has 3 nitrogen and oxygen atoms in total. The van der Waals surface area contributed by atoms with Crippen molar-refractivity contribution in [3.63, 3.8) is 0 Å². The molecule has 0 amide bonds. The average Bonchev–Trinajstić information content (AvgIpc) is 2.28.